The Labute approximate surface area is 136 Å². The number of carbonyl (C=O) groups excluding carboxylic acids is 1. The second-order valence-electron chi connectivity index (χ2n) is 4.60. The highest BCUT2D eigenvalue weighted by Gasteiger charge is 2.21. The number of halogens is 3. The topological polar surface area (TPSA) is 72.5 Å². The number of rotatable bonds is 5. The predicted octanol–water partition coefficient (Wildman–Crippen LogP) is 3.08. The summed E-state index contributed by atoms with van der Waals surface area (Å²) in [6.45, 7) is 1.68. The average Bonchev–Trinajstić information content (AvgIpc) is 2.51. The molecule has 0 radical (unpaired) electrons. The Morgan fingerprint density at radius 1 is 1.12 bits per heavy atom. The minimum absolute atomic E-state index is 0.0419. The van der Waals surface area contributed by atoms with Crippen molar-refractivity contribution in [2.45, 2.75) is 11.8 Å². The first kappa shape index (κ1) is 17.8. The molecule has 24 heavy (non-hydrogen) atoms. The van der Waals surface area contributed by atoms with Gasteiger partial charge in [-0.15, -0.1) is 0 Å². The zero-order chi connectivity index (χ0) is 17.9. The first-order valence-electron chi connectivity index (χ1n) is 6.69. The van der Waals surface area contributed by atoms with Crippen molar-refractivity contribution in [3.63, 3.8) is 0 Å². The van der Waals surface area contributed by atoms with Gasteiger partial charge in [0.2, 0.25) is 0 Å². The molecule has 128 valence electrons. The summed E-state index contributed by atoms with van der Waals surface area (Å²) in [5.41, 5.74) is -1.06. The van der Waals surface area contributed by atoms with Crippen LogP contribution in [0.2, 0.25) is 0 Å². The van der Waals surface area contributed by atoms with Gasteiger partial charge in [-0.05, 0) is 25.1 Å². The first-order valence-corrected chi connectivity index (χ1v) is 8.17. The fourth-order valence-corrected chi connectivity index (χ4v) is 2.96. The van der Waals surface area contributed by atoms with Gasteiger partial charge in [0.05, 0.1) is 17.1 Å². The largest absolute Gasteiger partial charge is 0.462 e. The van der Waals surface area contributed by atoms with Gasteiger partial charge in [-0.1, -0.05) is 6.07 Å². The predicted molar refractivity (Wildman–Crippen MR) is 79.5 cm³/mol. The van der Waals surface area contributed by atoms with Crippen LogP contribution < -0.4 is 4.72 Å². The number of nitrogens with one attached hydrogen (secondary N) is 1. The highest BCUT2D eigenvalue weighted by atomic mass is 32.2. The standard InChI is InChI=1S/C15H12F3NO4S/c1-2-23-15(20)9-4-3-5-11(6-9)24(21,22)19-14-12(17)7-10(16)8-13(14)18/h3-8,19H,2H2,1H3. The molecule has 2 aromatic carbocycles. The van der Waals surface area contributed by atoms with Gasteiger partial charge in [0.25, 0.3) is 10.0 Å². The number of hydrogen-bond acceptors (Lipinski definition) is 4. The highest BCUT2D eigenvalue weighted by Crippen LogP contribution is 2.24. The summed E-state index contributed by atoms with van der Waals surface area (Å²) in [5.74, 6) is -4.74. The van der Waals surface area contributed by atoms with Crippen LogP contribution >= 0.6 is 0 Å². The lowest BCUT2D eigenvalue weighted by atomic mass is 10.2. The van der Waals surface area contributed by atoms with Crippen molar-refractivity contribution in [1.29, 1.82) is 0 Å². The summed E-state index contributed by atoms with van der Waals surface area (Å²) in [6.07, 6.45) is 0. The second-order valence-corrected chi connectivity index (χ2v) is 6.28. The van der Waals surface area contributed by atoms with E-state index in [1.54, 1.807) is 11.6 Å². The van der Waals surface area contributed by atoms with E-state index in [-0.39, 0.29) is 12.2 Å². The Morgan fingerprint density at radius 2 is 1.75 bits per heavy atom. The average molecular weight is 359 g/mol. The minimum Gasteiger partial charge on any atom is -0.462 e. The van der Waals surface area contributed by atoms with Crippen LogP contribution in [0.1, 0.15) is 17.3 Å². The van der Waals surface area contributed by atoms with Gasteiger partial charge in [0, 0.05) is 12.1 Å². The Balaban J connectivity index is 2.38. The first-order chi connectivity index (χ1) is 11.2. The Kier molecular flexibility index (Phi) is 5.13. The quantitative estimate of drug-likeness (QED) is 0.833. The molecule has 0 aromatic heterocycles. The van der Waals surface area contributed by atoms with E-state index in [2.05, 4.69) is 0 Å². The van der Waals surface area contributed by atoms with Crippen LogP contribution in [0.25, 0.3) is 0 Å². The Hall–Kier alpha value is -2.55. The van der Waals surface area contributed by atoms with Crippen LogP contribution in [0.15, 0.2) is 41.3 Å². The molecule has 0 atom stereocenters. The summed E-state index contributed by atoms with van der Waals surface area (Å²) in [4.78, 5) is 11.2. The molecule has 0 spiro atoms. The number of esters is 1. The van der Waals surface area contributed by atoms with Crippen LogP contribution in [-0.2, 0) is 14.8 Å². The molecule has 0 aliphatic rings. The van der Waals surface area contributed by atoms with Crippen LogP contribution in [0.3, 0.4) is 0 Å². The van der Waals surface area contributed by atoms with Crippen LogP contribution in [-0.4, -0.2) is 21.0 Å². The van der Waals surface area contributed by atoms with Crippen LogP contribution in [0.5, 0.6) is 0 Å². The summed E-state index contributed by atoms with van der Waals surface area (Å²) in [7, 11) is -4.40. The molecule has 0 saturated heterocycles. The van der Waals surface area contributed by atoms with Crippen molar-refractivity contribution in [3.05, 3.63) is 59.4 Å². The lowest BCUT2D eigenvalue weighted by Crippen LogP contribution is -2.16. The number of sulfonamides is 1. The van der Waals surface area contributed by atoms with E-state index in [4.69, 9.17) is 4.74 Å². The monoisotopic (exact) mass is 359 g/mol. The number of ether oxygens (including phenoxy) is 1. The summed E-state index contributed by atoms with van der Waals surface area (Å²) >= 11 is 0. The molecule has 0 saturated carbocycles. The molecular formula is C15H12F3NO4S. The molecule has 1 N–H and O–H groups in total. The number of anilines is 1. The maximum absolute atomic E-state index is 13.6. The third-order valence-corrected chi connectivity index (χ3v) is 4.25. The van der Waals surface area contributed by atoms with E-state index >= 15 is 0 Å². The van der Waals surface area contributed by atoms with Gasteiger partial charge in [0.15, 0.2) is 11.6 Å². The molecule has 2 rings (SSSR count). The minimum atomic E-state index is -4.40. The molecule has 0 unspecified atom stereocenters. The maximum atomic E-state index is 13.6. The molecule has 0 amide bonds. The highest BCUT2D eigenvalue weighted by molar-refractivity contribution is 7.92. The molecule has 5 nitrogen and oxygen atoms in total. The van der Waals surface area contributed by atoms with Gasteiger partial charge >= 0.3 is 5.97 Å². The van der Waals surface area contributed by atoms with E-state index in [0.717, 1.165) is 12.1 Å². The summed E-state index contributed by atoms with van der Waals surface area (Å²) < 4.78 is 71.0. The van der Waals surface area contributed by atoms with E-state index < -0.39 is 44.0 Å². The van der Waals surface area contributed by atoms with Crippen LogP contribution in [0.4, 0.5) is 18.9 Å². The van der Waals surface area contributed by atoms with Gasteiger partial charge in [-0.2, -0.15) is 0 Å². The zero-order valence-corrected chi connectivity index (χ0v) is 13.2. The van der Waals surface area contributed by atoms with Gasteiger partial charge in [0.1, 0.15) is 11.5 Å². The zero-order valence-electron chi connectivity index (χ0n) is 12.3. The molecule has 0 fully saturated rings. The van der Waals surface area contributed by atoms with E-state index in [0.29, 0.717) is 12.1 Å². The fraction of sp³-hybridized carbons (Fsp3) is 0.133. The number of hydrogen-bond donors (Lipinski definition) is 1. The Morgan fingerprint density at radius 3 is 2.33 bits per heavy atom. The lowest BCUT2D eigenvalue weighted by Gasteiger charge is -2.11. The molecule has 0 aliphatic heterocycles. The summed E-state index contributed by atoms with van der Waals surface area (Å²) in [5, 5.41) is 0. The fourth-order valence-electron chi connectivity index (χ4n) is 1.84. The SMILES string of the molecule is CCOC(=O)c1cccc(S(=O)(=O)Nc2c(F)cc(F)cc2F)c1. The van der Waals surface area contributed by atoms with Crippen molar-refractivity contribution >= 4 is 21.7 Å². The smallest absolute Gasteiger partial charge is 0.338 e. The molecule has 9 heteroatoms. The number of carbonyl (C=O) groups is 1. The van der Waals surface area contributed by atoms with Crippen molar-refractivity contribution in [1.82, 2.24) is 0 Å². The lowest BCUT2D eigenvalue weighted by molar-refractivity contribution is 0.0526. The van der Waals surface area contributed by atoms with Gasteiger partial charge < -0.3 is 4.74 Å². The third kappa shape index (κ3) is 3.85. The molecule has 0 aliphatic carbocycles. The second kappa shape index (κ2) is 6.91. The molecular weight excluding hydrogens is 347 g/mol. The van der Waals surface area contributed by atoms with Crippen molar-refractivity contribution in [2.75, 3.05) is 11.3 Å². The van der Waals surface area contributed by atoms with E-state index in [1.807, 2.05) is 0 Å². The van der Waals surface area contributed by atoms with Crippen molar-refractivity contribution in [2.24, 2.45) is 0 Å². The molecule has 0 heterocycles. The normalized spacial score (nSPS) is 11.2. The summed E-state index contributed by atoms with van der Waals surface area (Å²) in [6, 6.07) is 5.42. The Bertz CT molecular complexity index is 861. The number of benzene rings is 2. The molecule has 2 aromatic rings. The molecule has 0 bridgehead atoms. The van der Waals surface area contributed by atoms with E-state index in [1.165, 1.54) is 12.1 Å². The third-order valence-electron chi connectivity index (χ3n) is 2.90. The van der Waals surface area contributed by atoms with Gasteiger partial charge in [-0.25, -0.2) is 26.4 Å². The van der Waals surface area contributed by atoms with Crippen molar-refractivity contribution in [3.8, 4) is 0 Å². The van der Waals surface area contributed by atoms with Crippen molar-refractivity contribution < 1.29 is 31.1 Å². The maximum Gasteiger partial charge on any atom is 0.338 e. The van der Waals surface area contributed by atoms with E-state index in [9.17, 15) is 26.4 Å². The van der Waals surface area contributed by atoms with Crippen LogP contribution in [0, 0.1) is 17.5 Å². The van der Waals surface area contributed by atoms with Gasteiger partial charge in [-0.3, -0.25) is 4.72 Å².